The highest BCUT2D eigenvalue weighted by Gasteiger charge is 2.54. The molecule has 1 aromatic carbocycles. The second-order valence-corrected chi connectivity index (χ2v) is 9.37. The third kappa shape index (κ3) is 3.98. The van der Waals surface area contributed by atoms with E-state index in [2.05, 4.69) is 39.8 Å². The minimum atomic E-state index is -0.125. The Morgan fingerprint density at radius 2 is 2.00 bits per heavy atom. The molecule has 3 heteroatoms. The van der Waals surface area contributed by atoms with E-state index < -0.39 is 0 Å². The maximum atomic E-state index is 12.7. The highest BCUT2D eigenvalue weighted by molar-refractivity contribution is 5.82. The fourth-order valence-corrected chi connectivity index (χ4v) is 5.17. The standard InChI is InChI=1S/C23H34O3/c1-22(2,3)26-21-12-11-19-18(20(24)13-14-23(19,21)4)10-9-16-7-6-8-17(15-16)25-5/h6-8,15,18-19,21H,9-14H2,1-5H3/t18-,19-,21-,23-/m1/s1. The molecule has 0 aromatic heterocycles. The topological polar surface area (TPSA) is 35.5 Å². The molecule has 144 valence electrons. The first-order chi connectivity index (χ1) is 12.2. The Labute approximate surface area is 158 Å². The van der Waals surface area contributed by atoms with Gasteiger partial charge in [-0.3, -0.25) is 4.79 Å². The third-order valence-electron chi connectivity index (χ3n) is 6.51. The lowest BCUT2D eigenvalue weighted by Gasteiger charge is -2.45. The zero-order valence-corrected chi connectivity index (χ0v) is 17.0. The highest BCUT2D eigenvalue weighted by atomic mass is 16.5. The molecular weight excluding hydrogens is 324 g/mol. The maximum Gasteiger partial charge on any atom is 0.136 e. The molecule has 2 fully saturated rings. The largest absolute Gasteiger partial charge is 0.497 e. The SMILES string of the molecule is COc1cccc(CC[C@H]2C(=O)CC[C@]3(C)[C@@H]2CC[C@H]3OC(C)(C)C)c1. The van der Waals surface area contributed by atoms with E-state index in [-0.39, 0.29) is 23.0 Å². The van der Waals surface area contributed by atoms with E-state index in [1.54, 1.807) is 7.11 Å². The zero-order chi connectivity index (χ0) is 18.9. The normalized spacial score (nSPS) is 31.7. The summed E-state index contributed by atoms with van der Waals surface area (Å²) in [7, 11) is 1.70. The Bertz CT molecular complexity index is 645. The second kappa shape index (κ2) is 7.34. The van der Waals surface area contributed by atoms with Crippen LogP contribution >= 0.6 is 0 Å². The van der Waals surface area contributed by atoms with Crippen molar-refractivity contribution in [2.45, 2.75) is 77.9 Å². The predicted molar refractivity (Wildman–Crippen MR) is 105 cm³/mol. The van der Waals surface area contributed by atoms with Crippen LogP contribution in [0.5, 0.6) is 5.75 Å². The number of hydrogen-bond donors (Lipinski definition) is 0. The number of ketones is 1. The number of ether oxygens (including phenoxy) is 2. The van der Waals surface area contributed by atoms with Crippen LogP contribution in [0.2, 0.25) is 0 Å². The van der Waals surface area contributed by atoms with Gasteiger partial charge in [0.1, 0.15) is 11.5 Å². The van der Waals surface area contributed by atoms with Gasteiger partial charge in [-0.15, -0.1) is 0 Å². The van der Waals surface area contributed by atoms with E-state index in [1.165, 1.54) is 5.56 Å². The Kier molecular flexibility index (Phi) is 5.48. The number of Topliss-reactive ketones (excluding diaryl/α,β-unsaturated/α-hetero) is 1. The smallest absolute Gasteiger partial charge is 0.136 e. The molecule has 0 heterocycles. The molecule has 0 aliphatic heterocycles. The van der Waals surface area contributed by atoms with Crippen molar-refractivity contribution >= 4 is 5.78 Å². The number of benzene rings is 1. The number of methoxy groups -OCH3 is 1. The fourth-order valence-electron chi connectivity index (χ4n) is 5.17. The van der Waals surface area contributed by atoms with Crippen LogP contribution in [0.3, 0.4) is 0 Å². The van der Waals surface area contributed by atoms with Gasteiger partial charge in [-0.05, 0) is 81.9 Å². The molecule has 26 heavy (non-hydrogen) atoms. The lowest BCUT2D eigenvalue weighted by Crippen LogP contribution is -2.46. The molecule has 0 amide bonds. The molecular formula is C23H34O3. The van der Waals surface area contributed by atoms with Crippen LogP contribution in [0.25, 0.3) is 0 Å². The first-order valence-corrected chi connectivity index (χ1v) is 10.1. The van der Waals surface area contributed by atoms with Crippen LogP contribution in [0, 0.1) is 17.3 Å². The molecule has 2 aliphatic carbocycles. The fraction of sp³-hybridized carbons (Fsp3) is 0.696. The first-order valence-electron chi connectivity index (χ1n) is 10.1. The summed E-state index contributed by atoms with van der Waals surface area (Å²) < 4.78 is 11.8. The summed E-state index contributed by atoms with van der Waals surface area (Å²) in [5.41, 5.74) is 1.27. The van der Waals surface area contributed by atoms with E-state index in [0.29, 0.717) is 18.1 Å². The van der Waals surface area contributed by atoms with Gasteiger partial charge in [-0.2, -0.15) is 0 Å². The number of aryl methyl sites for hydroxylation is 1. The lowest BCUT2D eigenvalue weighted by molar-refractivity contribution is -0.143. The Hall–Kier alpha value is -1.35. The quantitative estimate of drug-likeness (QED) is 0.725. The molecule has 3 rings (SSSR count). The van der Waals surface area contributed by atoms with E-state index in [9.17, 15) is 4.79 Å². The predicted octanol–water partition coefficient (Wildman–Crippen LogP) is 5.21. The van der Waals surface area contributed by atoms with Crippen molar-refractivity contribution in [3.8, 4) is 5.75 Å². The lowest BCUT2D eigenvalue weighted by atomic mass is 9.62. The summed E-state index contributed by atoms with van der Waals surface area (Å²) in [6.45, 7) is 8.78. The van der Waals surface area contributed by atoms with Crippen molar-refractivity contribution in [3.63, 3.8) is 0 Å². The highest BCUT2D eigenvalue weighted by Crippen LogP contribution is 2.56. The molecule has 0 N–H and O–H groups in total. The number of fused-ring (bicyclic) bond motifs is 1. The van der Waals surface area contributed by atoms with Gasteiger partial charge in [0.05, 0.1) is 18.8 Å². The number of hydrogen-bond acceptors (Lipinski definition) is 3. The minimum absolute atomic E-state index is 0.125. The Morgan fingerprint density at radius 3 is 2.69 bits per heavy atom. The van der Waals surface area contributed by atoms with Gasteiger partial charge in [0.2, 0.25) is 0 Å². The van der Waals surface area contributed by atoms with Crippen molar-refractivity contribution in [2.24, 2.45) is 17.3 Å². The molecule has 4 atom stereocenters. The second-order valence-electron chi connectivity index (χ2n) is 9.37. The van der Waals surface area contributed by atoms with Gasteiger partial charge in [0.15, 0.2) is 0 Å². The minimum Gasteiger partial charge on any atom is -0.497 e. The van der Waals surface area contributed by atoms with Crippen LogP contribution < -0.4 is 4.74 Å². The summed E-state index contributed by atoms with van der Waals surface area (Å²) in [4.78, 5) is 12.7. The maximum absolute atomic E-state index is 12.7. The van der Waals surface area contributed by atoms with Crippen LogP contribution in [-0.2, 0) is 16.0 Å². The molecule has 0 saturated heterocycles. The van der Waals surface area contributed by atoms with Gasteiger partial charge in [-0.1, -0.05) is 19.1 Å². The number of rotatable bonds is 5. The summed E-state index contributed by atoms with van der Waals surface area (Å²) in [5.74, 6) is 1.99. The molecule has 0 bridgehead atoms. The summed E-state index contributed by atoms with van der Waals surface area (Å²) in [5, 5.41) is 0. The van der Waals surface area contributed by atoms with Crippen molar-refractivity contribution in [1.29, 1.82) is 0 Å². The molecule has 0 spiro atoms. The van der Waals surface area contributed by atoms with E-state index in [0.717, 1.165) is 37.9 Å². The van der Waals surface area contributed by atoms with Crippen LogP contribution in [-0.4, -0.2) is 24.6 Å². The van der Waals surface area contributed by atoms with Crippen molar-refractivity contribution in [2.75, 3.05) is 7.11 Å². The van der Waals surface area contributed by atoms with Crippen molar-refractivity contribution in [3.05, 3.63) is 29.8 Å². The summed E-state index contributed by atoms with van der Waals surface area (Å²) >= 11 is 0. The average molecular weight is 359 g/mol. The van der Waals surface area contributed by atoms with Gasteiger partial charge >= 0.3 is 0 Å². The molecule has 1 aromatic rings. The number of carbonyl (C=O) groups excluding carboxylic acids is 1. The zero-order valence-electron chi connectivity index (χ0n) is 17.0. The summed E-state index contributed by atoms with van der Waals surface area (Å²) in [6.07, 6.45) is 6.04. The Balaban J connectivity index is 1.72. The van der Waals surface area contributed by atoms with Gasteiger partial charge in [-0.25, -0.2) is 0 Å². The Morgan fingerprint density at radius 1 is 1.23 bits per heavy atom. The van der Waals surface area contributed by atoms with Crippen molar-refractivity contribution < 1.29 is 14.3 Å². The van der Waals surface area contributed by atoms with Gasteiger partial charge in [0.25, 0.3) is 0 Å². The molecule has 0 unspecified atom stereocenters. The monoisotopic (exact) mass is 358 g/mol. The van der Waals surface area contributed by atoms with Crippen LogP contribution in [0.1, 0.15) is 65.4 Å². The molecule has 3 nitrogen and oxygen atoms in total. The van der Waals surface area contributed by atoms with Gasteiger partial charge in [0, 0.05) is 12.3 Å². The molecule has 0 radical (unpaired) electrons. The van der Waals surface area contributed by atoms with Crippen LogP contribution in [0.15, 0.2) is 24.3 Å². The van der Waals surface area contributed by atoms with Crippen LogP contribution in [0.4, 0.5) is 0 Å². The van der Waals surface area contributed by atoms with E-state index in [1.807, 2.05) is 12.1 Å². The average Bonchev–Trinajstić information content (AvgIpc) is 2.90. The van der Waals surface area contributed by atoms with Crippen molar-refractivity contribution in [1.82, 2.24) is 0 Å². The van der Waals surface area contributed by atoms with Gasteiger partial charge < -0.3 is 9.47 Å². The number of carbonyl (C=O) groups is 1. The third-order valence-corrected chi connectivity index (χ3v) is 6.51. The molecule has 2 aliphatic rings. The summed E-state index contributed by atoms with van der Waals surface area (Å²) in [6, 6.07) is 8.23. The first kappa shape index (κ1) is 19.4. The van der Waals surface area contributed by atoms with E-state index in [4.69, 9.17) is 9.47 Å². The van der Waals surface area contributed by atoms with E-state index >= 15 is 0 Å². The molecule has 2 saturated carbocycles.